The van der Waals surface area contributed by atoms with Crippen LogP contribution in [0.4, 0.5) is 0 Å². The number of phenols is 2. The number of hydrogen-bond donors (Lipinski definition) is 2. The lowest BCUT2D eigenvalue weighted by atomic mass is 9.84. The summed E-state index contributed by atoms with van der Waals surface area (Å²) in [6.45, 7) is 1.17. The van der Waals surface area contributed by atoms with Gasteiger partial charge in [-0.1, -0.05) is 12.1 Å². The predicted molar refractivity (Wildman–Crippen MR) is 101 cm³/mol. The lowest BCUT2D eigenvalue weighted by Crippen LogP contribution is -2.22. The highest BCUT2D eigenvalue weighted by Gasteiger charge is 2.38. The van der Waals surface area contributed by atoms with E-state index in [4.69, 9.17) is 18.9 Å². The van der Waals surface area contributed by atoms with Gasteiger partial charge >= 0.3 is 0 Å². The van der Waals surface area contributed by atoms with Crippen molar-refractivity contribution in [2.75, 3.05) is 34.5 Å². The smallest absolute Gasteiger partial charge is 0.160 e. The van der Waals surface area contributed by atoms with Crippen molar-refractivity contribution in [1.82, 2.24) is 0 Å². The van der Waals surface area contributed by atoms with Crippen molar-refractivity contribution >= 4 is 0 Å². The first kappa shape index (κ1) is 19.3. The molecular formula is C21H26O6. The van der Waals surface area contributed by atoms with E-state index >= 15 is 0 Å². The van der Waals surface area contributed by atoms with E-state index in [1.165, 1.54) is 7.11 Å². The molecule has 146 valence electrons. The molecule has 0 aromatic heterocycles. The second-order valence-electron chi connectivity index (χ2n) is 6.77. The Morgan fingerprint density at radius 1 is 0.963 bits per heavy atom. The molecule has 1 aliphatic rings. The third-order valence-electron chi connectivity index (χ3n) is 5.12. The van der Waals surface area contributed by atoms with Gasteiger partial charge in [-0.2, -0.15) is 0 Å². The number of hydrogen-bond acceptors (Lipinski definition) is 6. The van der Waals surface area contributed by atoms with E-state index in [1.54, 1.807) is 26.4 Å². The van der Waals surface area contributed by atoms with Crippen LogP contribution >= 0.6 is 0 Å². The van der Waals surface area contributed by atoms with Crippen molar-refractivity contribution in [3.8, 4) is 23.0 Å². The van der Waals surface area contributed by atoms with Gasteiger partial charge in [0, 0.05) is 13.0 Å². The molecule has 0 amide bonds. The van der Waals surface area contributed by atoms with Crippen LogP contribution < -0.4 is 9.47 Å². The van der Waals surface area contributed by atoms with Crippen molar-refractivity contribution in [3.63, 3.8) is 0 Å². The number of ether oxygens (including phenoxy) is 4. The Bertz CT molecular complexity index is 775. The number of rotatable bonds is 7. The summed E-state index contributed by atoms with van der Waals surface area (Å²) in [4.78, 5) is 0. The van der Waals surface area contributed by atoms with Crippen molar-refractivity contribution in [2.45, 2.75) is 12.5 Å². The van der Waals surface area contributed by atoms with Gasteiger partial charge in [0.25, 0.3) is 0 Å². The maximum absolute atomic E-state index is 9.84. The molecule has 6 nitrogen and oxygen atoms in total. The van der Waals surface area contributed by atoms with Gasteiger partial charge in [0.05, 0.1) is 33.5 Å². The Hall–Kier alpha value is -2.44. The second kappa shape index (κ2) is 8.50. The highest BCUT2D eigenvalue weighted by Crippen LogP contribution is 2.42. The zero-order valence-electron chi connectivity index (χ0n) is 15.8. The molecule has 1 saturated heterocycles. The van der Waals surface area contributed by atoms with Gasteiger partial charge in [-0.25, -0.2) is 0 Å². The Balaban J connectivity index is 1.81. The zero-order chi connectivity index (χ0) is 19.4. The standard InChI is InChI=1S/C21H26O6/c1-24-12-16-15(8-13-4-6-17(22)19(9-13)25-2)11-27-21(16)14-5-7-18(23)20(10-14)26-3/h4-7,9-10,15-16,21-23H,8,11-12H2,1-3H3/t15-,16-,21+/m1/s1. The summed E-state index contributed by atoms with van der Waals surface area (Å²) in [6, 6.07) is 10.7. The van der Waals surface area contributed by atoms with Crippen molar-refractivity contribution in [2.24, 2.45) is 11.8 Å². The van der Waals surface area contributed by atoms with E-state index in [-0.39, 0.29) is 29.4 Å². The van der Waals surface area contributed by atoms with Gasteiger partial charge in [-0.05, 0) is 47.7 Å². The van der Waals surface area contributed by atoms with Crippen molar-refractivity contribution in [1.29, 1.82) is 0 Å². The highest BCUT2D eigenvalue weighted by molar-refractivity contribution is 5.43. The number of aromatic hydroxyl groups is 2. The van der Waals surface area contributed by atoms with E-state index in [0.29, 0.717) is 24.7 Å². The van der Waals surface area contributed by atoms with E-state index in [9.17, 15) is 10.2 Å². The molecule has 0 saturated carbocycles. The molecule has 0 aliphatic carbocycles. The lowest BCUT2D eigenvalue weighted by molar-refractivity contribution is 0.0582. The number of phenolic OH excluding ortho intramolecular Hbond substituents is 2. The van der Waals surface area contributed by atoms with Crippen LogP contribution in [-0.4, -0.2) is 44.8 Å². The largest absolute Gasteiger partial charge is 0.504 e. The zero-order valence-corrected chi connectivity index (χ0v) is 15.8. The lowest BCUT2D eigenvalue weighted by Gasteiger charge is -2.23. The fourth-order valence-corrected chi connectivity index (χ4v) is 3.71. The summed E-state index contributed by atoms with van der Waals surface area (Å²) < 4.78 is 22.0. The molecule has 1 aliphatic heterocycles. The number of benzene rings is 2. The Morgan fingerprint density at radius 3 is 2.30 bits per heavy atom. The highest BCUT2D eigenvalue weighted by atomic mass is 16.5. The van der Waals surface area contributed by atoms with Gasteiger partial charge in [-0.15, -0.1) is 0 Å². The molecular weight excluding hydrogens is 348 g/mol. The minimum absolute atomic E-state index is 0.107. The SMILES string of the molecule is COC[C@@H]1[C@H](Cc2ccc(O)c(OC)c2)CO[C@H]1c1ccc(O)c(OC)c1. The molecule has 0 radical (unpaired) electrons. The topological polar surface area (TPSA) is 77.4 Å². The van der Waals surface area contributed by atoms with Crippen LogP contribution in [0.25, 0.3) is 0 Å². The fourth-order valence-electron chi connectivity index (χ4n) is 3.71. The molecule has 3 rings (SSSR count). The maximum Gasteiger partial charge on any atom is 0.160 e. The van der Waals surface area contributed by atoms with Crippen LogP contribution in [0.2, 0.25) is 0 Å². The van der Waals surface area contributed by atoms with Gasteiger partial charge in [0.1, 0.15) is 0 Å². The van der Waals surface area contributed by atoms with Crippen LogP contribution in [0.15, 0.2) is 36.4 Å². The molecule has 0 bridgehead atoms. The summed E-state index contributed by atoms with van der Waals surface area (Å²) >= 11 is 0. The molecule has 1 fully saturated rings. The van der Waals surface area contributed by atoms with Crippen LogP contribution in [0.5, 0.6) is 23.0 Å². The molecule has 1 heterocycles. The Morgan fingerprint density at radius 2 is 1.63 bits per heavy atom. The first-order valence-electron chi connectivity index (χ1n) is 8.90. The van der Waals surface area contributed by atoms with Gasteiger partial charge < -0.3 is 29.2 Å². The fraction of sp³-hybridized carbons (Fsp3) is 0.429. The molecule has 2 aromatic rings. The number of methoxy groups -OCH3 is 3. The Labute approximate surface area is 159 Å². The summed E-state index contributed by atoms with van der Waals surface area (Å²) in [5.41, 5.74) is 2.03. The molecule has 2 N–H and O–H groups in total. The van der Waals surface area contributed by atoms with Crippen LogP contribution in [-0.2, 0) is 15.9 Å². The van der Waals surface area contributed by atoms with E-state index in [1.807, 2.05) is 24.3 Å². The maximum atomic E-state index is 9.84. The van der Waals surface area contributed by atoms with E-state index in [2.05, 4.69) is 0 Å². The first-order valence-corrected chi connectivity index (χ1v) is 8.90. The summed E-state index contributed by atoms with van der Waals surface area (Å²) in [6.07, 6.45) is 0.652. The molecule has 6 heteroatoms. The summed E-state index contributed by atoms with van der Waals surface area (Å²) in [7, 11) is 4.76. The minimum Gasteiger partial charge on any atom is -0.504 e. The third-order valence-corrected chi connectivity index (χ3v) is 5.12. The average molecular weight is 374 g/mol. The van der Waals surface area contributed by atoms with Crippen LogP contribution in [0.1, 0.15) is 17.2 Å². The Kier molecular flexibility index (Phi) is 6.08. The molecule has 27 heavy (non-hydrogen) atoms. The van der Waals surface area contributed by atoms with E-state index < -0.39 is 0 Å². The predicted octanol–water partition coefficient (Wildman–Crippen LogP) is 3.31. The summed E-state index contributed by atoms with van der Waals surface area (Å²) in [5.74, 6) is 1.54. The summed E-state index contributed by atoms with van der Waals surface area (Å²) in [5, 5.41) is 19.6. The molecule has 2 aromatic carbocycles. The minimum atomic E-state index is -0.136. The molecule has 0 unspecified atom stereocenters. The van der Waals surface area contributed by atoms with Crippen LogP contribution in [0.3, 0.4) is 0 Å². The normalized spacial score (nSPS) is 22.0. The van der Waals surface area contributed by atoms with Crippen LogP contribution in [0, 0.1) is 11.8 Å². The van der Waals surface area contributed by atoms with Gasteiger partial charge in [-0.3, -0.25) is 0 Å². The van der Waals surface area contributed by atoms with Crippen molar-refractivity contribution < 1.29 is 29.2 Å². The third kappa shape index (κ3) is 4.12. The van der Waals surface area contributed by atoms with E-state index in [0.717, 1.165) is 17.5 Å². The first-order chi connectivity index (χ1) is 13.1. The monoisotopic (exact) mass is 374 g/mol. The van der Waals surface area contributed by atoms with Crippen molar-refractivity contribution in [3.05, 3.63) is 47.5 Å². The van der Waals surface area contributed by atoms with Gasteiger partial charge in [0.15, 0.2) is 23.0 Å². The van der Waals surface area contributed by atoms with Gasteiger partial charge in [0.2, 0.25) is 0 Å². The molecule has 0 spiro atoms. The molecule has 3 atom stereocenters. The quantitative estimate of drug-likeness (QED) is 0.774. The average Bonchev–Trinajstić information content (AvgIpc) is 3.06. The second-order valence-corrected chi connectivity index (χ2v) is 6.77.